The third kappa shape index (κ3) is 3.22. The smallest absolute Gasteiger partial charge is 0.218 e. The highest BCUT2D eigenvalue weighted by Crippen LogP contribution is 2.33. The van der Waals surface area contributed by atoms with E-state index in [0.29, 0.717) is 0 Å². The average molecular weight is 272 g/mol. The van der Waals surface area contributed by atoms with Gasteiger partial charge in [0.05, 0.1) is 5.88 Å². The van der Waals surface area contributed by atoms with E-state index < -0.39 is 10.5 Å². The van der Waals surface area contributed by atoms with Gasteiger partial charge in [-0.15, -0.1) is 11.6 Å². The molecule has 15 heavy (non-hydrogen) atoms. The van der Waals surface area contributed by atoms with Gasteiger partial charge in [0.25, 0.3) is 0 Å². The van der Waals surface area contributed by atoms with E-state index in [1.54, 1.807) is 0 Å². The van der Waals surface area contributed by atoms with Crippen molar-refractivity contribution in [2.24, 2.45) is 0 Å². The molecule has 0 aliphatic heterocycles. The van der Waals surface area contributed by atoms with Crippen molar-refractivity contribution in [2.75, 3.05) is 5.88 Å². The summed E-state index contributed by atoms with van der Waals surface area (Å²) in [6, 6.07) is 0. The van der Waals surface area contributed by atoms with Crippen LogP contribution in [0, 0.1) is 0 Å². The topological polar surface area (TPSA) is 59.8 Å². The fourth-order valence-electron chi connectivity index (χ4n) is 0.982. The van der Waals surface area contributed by atoms with E-state index in [1.165, 1.54) is 24.3 Å². The predicted octanol–water partition coefficient (Wildman–Crippen LogP) is 1.33. The zero-order chi connectivity index (χ0) is 11.5. The molecule has 0 spiro atoms. The minimum atomic E-state index is -1.35. The van der Waals surface area contributed by atoms with Crippen LogP contribution in [0.1, 0.15) is 13.1 Å². The average Bonchev–Trinajstić information content (AvgIpc) is 2.66. The summed E-state index contributed by atoms with van der Waals surface area (Å²) in [5.41, 5.74) is 0. The third-order valence-corrected chi connectivity index (χ3v) is 3.00. The standard InChI is InChI=1S/C7H9Cl3N4O/c1-5(15)13-6(7(9,10)2-8)14-4-11-3-12-14/h3-4,6H,2H2,1H3,(H,13,15). The Bertz CT molecular complexity index is 327. The predicted molar refractivity (Wildman–Crippen MR) is 58.0 cm³/mol. The Labute approximate surface area is 102 Å². The molecule has 0 radical (unpaired) electrons. The van der Waals surface area contributed by atoms with Crippen LogP contribution in [0.15, 0.2) is 12.7 Å². The zero-order valence-electron chi connectivity index (χ0n) is 7.82. The molecule has 1 amide bonds. The van der Waals surface area contributed by atoms with Crippen LogP contribution in [0.4, 0.5) is 0 Å². The summed E-state index contributed by atoms with van der Waals surface area (Å²) in [7, 11) is 0. The van der Waals surface area contributed by atoms with Crippen LogP contribution in [0.3, 0.4) is 0 Å². The molecule has 1 aromatic heterocycles. The molecular formula is C7H9Cl3N4O. The van der Waals surface area contributed by atoms with Crippen LogP contribution in [-0.2, 0) is 4.79 Å². The number of aromatic nitrogens is 3. The van der Waals surface area contributed by atoms with Gasteiger partial charge in [-0.05, 0) is 0 Å². The Kier molecular flexibility index (Phi) is 4.19. The van der Waals surface area contributed by atoms with E-state index in [2.05, 4.69) is 15.4 Å². The molecule has 0 fully saturated rings. The largest absolute Gasteiger partial charge is 0.332 e. The van der Waals surface area contributed by atoms with Crippen molar-refractivity contribution in [1.29, 1.82) is 0 Å². The molecule has 1 unspecified atom stereocenters. The van der Waals surface area contributed by atoms with E-state index in [1.807, 2.05) is 0 Å². The van der Waals surface area contributed by atoms with Crippen LogP contribution >= 0.6 is 34.8 Å². The second kappa shape index (κ2) is 5.01. The van der Waals surface area contributed by atoms with E-state index in [4.69, 9.17) is 34.8 Å². The van der Waals surface area contributed by atoms with Crippen molar-refractivity contribution in [1.82, 2.24) is 20.1 Å². The van der Waals surface area contributed by atoms with Gasteiger partial charge < -0.3 is 5.32 Å². The first kappa shape index (κ1) is 12.5. The summed E-state index contributed by atoms with van der Waals surface area (Å²) < 4.78 is -0.00922. The van der Waals surface area contributed by atoms with Crippen molar-refractivity contribution in [3.8, 4) is 0 Å². The molecule has 1 heterocycles. The van der Waals surface area contributed by atoms with E-state index in [9.17, 15) is 4.79 Å². The Morgan fingerprint density at radius 1 is 1.67 bits per heavy atom. The van der Waals surface area contributed by atoms with Crippen LogP contribution in [0.5, 0.6) is 0 Å². The number of carbonyl (C=O) groups is 1. The summed E-state index contributed by atoms with van der Waals surface area (Å²) >= 11 is 17.5. The number of halogens is 3. The molecule has 84 valence electrons. The molecule has 0 saturated carbocycles. The number of nitrogens with zero attached hydrogens (tertiary/aromatic N) is 3. The van der Waals surface area contributed by atoms with Gasteiger partial charge in [0, 0.05) is 6.92 Å². The molecule has 1 aromatic rings. The highest BCUT2D eigenvalue weighted by molar-refractivity contribution is 6.51. The summed E-state index contributed by atoms with van der Waals surface area (Å²) in [6.07, 6.45) is 1.96. The van der Waals surface area contributed by atoms with E-state index >= 15 is 0 Å². The van der Waals surface area contributed by atoms with E-state index in [0.717, 1.165) is 0 Å². The second-order valence-electron chi connectivity index (χ2n) is 2.87. The van der Waals surface area contributed by atoms with Crippen molar-refractivity contribution < 1.29 is 4.79 Å². The van der Waals surface area contributed by atoms with Gasteiger partial charge in [-0.25, -0.2) is 9.67 Å². The number of carbonyl (C=O) groups excluding carboxylic acids is 1. The lowest BCUT2D eigenvalue weighted by Gasteiger charge is -2.28. The maximum absolute atomic E-state index is 11.0. The molecule has 5 nitrogen and oxygen atoms in total. The molecule has 0 bridgehead atoms. The zero-order valence-corrected chi connectivity index (χ0v) is 10.1. The number of rotatable bonds is 4. The van der Waals surface area contributed by atoms with E-state index in [-0.39, 0.29) is 11.8 Å². The maximum atomic E-state index is 11.0. The quantitative estimate of drug-likeness (QED) is 0.840. The number of amides is 1. The Morgan fingerprint density at radius 3 is 2.73 bits per heavy atom. The summed E-state index contributed by atoms with van der Waals surface area (Å²) in [4.78, 5) is 14.7. The van der Waals surface area contributed by atoms with Gasteiger partial charge in [0.15, 0.2) is 10.5 Å². The van der Waals surface area contributed by atoms with Gasteiger partial charge in [-0.2, -0.15) is 5.10 Å². The molecule has 1 rings (SSSR count). The molecule has 1 N–H and O–H groups in total. The van der Waals surface area contributed by atoms with Crippen molar-refractivity contribution in [2.45, 2.75) is 17.4 Å². The summed E-state index contributed by atoms with van der Waals surface area (Å²) in [6.45, 7) is 1.35. The highest BCUT2D eigenvalue weighted by Gasteiger charge is 2.37. The molecule has 1 atom stereocenters. The molecular weight excluding hydrogens is 262 g/mol. The Balaban J connectivity index is 2.93. The number of alkyl halides is 3. The van der Waals surface area contributed by atoms with Gasteiger partial charge in [-0.1, -0.05) is 23.2 Å². The lowest BCUT2D eigenvalue weighted by molar-refractivity contribution is -0.120. The van der Waals surface area contributed by atoms with Crippen LogP contribution in [0.2, 0.25) is 0 Å². The van der Waals surface area contributed by atoms with Gasteiger partial charge >= 0.3 is 0 Å². The minimum Gasteiger partial charge on any atom is -0.332 e. The molecule has 8 heteroatoms. The van der Waals surface area contributed by atoms with Gasteiger partial charge in [0.2, 0.25) is 5.91 Å². The first-order chi connectivity index (χ1) is 6.97. The normalized spacial score (nSPS) is 13.6. The number of hydrogen-bond donors (Lipinski definition) is 1. The van der Waals surface area contributed by atoms with Crippen molar-refractivity contribution in [3.63, 3.8) is 0 Å². The monoisotopic (exact) mass is 270 g/mol. The number of hydrogen-bond acceptors (Lipinski definition) is 3. The van der Waals surface area contributed by atoms with Gasteiger partial charge in [-0.3, -0.25) is 4.79 Å². The molecule has 0 aliphatic carbocycles. The summed E-state index contributed by atoms with van der Waals surface area (Å²) in [5.74, 6) is -0.340. The van der Waals surface area contributed by atoms with Crippen LogP contribution in [-0.4, -0.2) is 30.9 Å². The van der Waals surface area contributed by atoms with Gasteiger partial charge in [0.1, 0.15) is 12.7 Å². The molecule has 0 aliphatic rings. The van der Waals surface area contributed by atoms with Crippen molar-refractivity contribution >= 4 is 40.7 Å². The SMILES string of the molecule is CC(=O)NC(n1cncn1)C(Cl)(Cl)CCl. The Morgan fingerprint density at radius 2 is 2.33 bits per heavy atom. The maximum Gasteiger partial charge on any atom is 0.218 e. The fourth-order valence-corrected chi connectivity index (χ4v) is 1.44. The first-order valence-electron chi connectivity index (χ1n) is 4.02. The summed E-state index contributed by atoms with van der Waals surface area (Å²) in [5, 5.41) is 6.39. The Hall–Kier alpha value is -0.520. The molecule has 0 aromatic carbocycles. The van der Waals surface area contributed by atoms with Crippen LogP contribution in [0.25, 0.3) is 0 Å². The highest BCUT2D eigenvalue weighted by atomic mass is 35.5. The number of nitrogens with one attached hydrogen (secondary N) is 1. The molecule has 0 saturated heterocycles. The van der Waals surface area contributed by atoms with Crippen molar-refractivity contribution in [3.05, 3.63) is 12.7 Å². The lowest BCUT2D eigenvalue weighted by Crippen LogP contribution is -2.43. The minimum absolute atomic E-state index is 0.0546. The third-order valence-electron chi connectivity index (χ3n) is 1.62. The second-order valence-corrected chi connectivity index (χ2v) is 4.68. The first-order valence-corrected chi connectivity index (χ1v) is 5.31. The van der Waals surface area contributed by atoms with Crippen LogP contribution < -0.4 is 5.32 Å². The lowest BCUT2D eigenvalue weighted by atomic mass is 10.3. The fraction of sp³-hybridized carbons (Fsp3) is 0.571.